The monoisotopic (exact) mass is 307 g/mol. The SMILES string of the molecule is CCOC(=O)/C=C/C(=N\S)c1ccc(C)c(COC=O)c1. The number of hydrogen-bond acceptors (Lipinski definition) is 6. The molecule has 0 aromatic heterocycles. The Morgan fingerprint density at radius 3 is 2.76 bits per heavy atom. The number of ether oxygens (including phenoxy) is 2. The van der Waals surface area contributed by atoms with E-state index in [2.05, 4.69) is 17.2 Å². The maximum absolute atomic E-state index is 11.3. The Labute approximate surface area is 129 Å². The Kier molecular flexibility index (Phi) is 7.25. The first-order valence-electron chi connectivity index (χ1n) is 6.34. The molecular formula is C15H17NO4S. The van der Waals surface area contributed by atoms with E-state index in [-0.39, 0.29) is 6.61 Å². The summed E-state index contributed by atoms with van der Waals surface area (Å²) in [6.07, 6.45) is 2.82. The van der Waals surface area contributed by atoms with Gasteiger partial charge in [0.05, 0.1) is 12.3 Å². The van der Waals surface area contributed by atoms with Gasteiger partial charge in [-0.15, -0.1) is 0 Å². The third-order valence-electron chi connectivity index (χ3n) is 2.72. The van der Waals surface area contributed by atoms with Crippen LogP contribution in [0.4, 0.5) is 0 Å². The van der Waals surface area contributed by atoms with Gasteiger partial charge in [-0.25, -0.2) is 9.19 Å². The normalized spacial score (nSPS) is 11.5. The summed E-state index contributed by atoms with van der Waals surface area (Å²) >= 11 is 3.91. The predicted octanol–water partition coefficient (Wildman–Crippen LogP) is 2.42. The molecule has 1 rings (SSSR count). The molecule has 0 unspecified atom stereocenters. The minimum Gasteiger partial charge on any atom is -0.463 e. The largest absolute Gasteiger partial charge is 0.463 e. The lowest BCUT2D eigenvalue weighted by molar-refractivity contribution is -0.137. The zero-order valence-electron chi connectivity index (χ0n) is 11.9. The van der Waals surface area contributed by atoms with Gasteiger partial charge in [-0.05, 0) is 49.9 Å². The zero-order chi connectivity index (χ0) is 15.7. The molecule has 112 valence electrons. The van der Waals surface area contributed by atoms with Gasteiger partial charge in [-0.2, -0.15) is 0 Å². The third-order valence-corrected chi connectivity index (χ3v) is 2.94. The minimum atomic E-state index is -0.441. The van der Waals surface area contributed by atoms with E-state index >= 15 is 0 Å². The molecule has 0 bridgehead atoms. The number of nitrogens with zero attached hydrogens (tertiary/aromatic N) is 1. The predicted molar refractivity (Wildman–Crippen MR) is 83.3 cm³/mol. The summed E-state index contributed by atoms with van der Waals surface area (Å²) in [6, 6.07) is 5.57. The second-order valence-electron chi connectivity index (χ2n) is 4.12. The quantitative estimate of drug-likeness (QED) is 0.276. The highest BCUT2D eigenvalue weighted by molar-refractivity contribution is 7.79. The number of allylic oxidation sites excluding steroid dienone is 1. The van der Waals surface area contributed by atoms with Crippen molar-refractivity contribution >= 4 is 31.0 Å². The molecular weight excluding hydrogens is 290 g/mol. The molecule has 5 nitrogen and oxygen atoms in total. The first kappa shape index (κ1) is 17.0. The molecule has 1 aromatic rings. The van der Waals surface area contributed by atoms with Gasteiger partial charge in [-0.3, -0.25) is 4.79 Å². The second kappa shape index (κ2) is 8.97. The lowest BCUT2D eigenvalue weighted by Gasteiger charge is -2.08. The molecule has 0 spiro atoms. The van der Waals surface area contributed by atoms with Crippen LogP contribution in [-0.2, 0) is 25.7 Å². The average Bonchev–Trinajstić information content (AvgIpc) is 2.48. The zero-order valence-corrected chi connectivity index (χ0v) is 12.8. The molecule has 0 amide bonds. The van der Waals surface area contributed by atoms with Crippen molar-refractivity contribution in [2.45, 2.75) is 20.5 Å². The van der Waals surface area contributed by atoms with E-state index < -0.39 is 5.97 Å². The van der Waals surface area contributed by atoms with E-state index in [0.717, 1.165) is 16.7 Å². The van der Waals surface area contributed by atoms with Crippen LogP contribution in [0, 0.1) is 6.92 Å². The molecule has 0 aliphatic heterocycles. The van der Waals surface area contributed by atoms with Gasteiger partial charge in [0.15, 0.2) is 0 Å². The number of rotatable bonds is 7. The Balaban J connectivity index is 2.96. The molecule has 0 atom stereocenters. The van der Waals surface area contributed by atoms with Gasteiger partial charge in [0.25, 0.3) is 6.47 Å². The van der Waals surface area contributed by atoms with Gasteiger partial charge in [0, 0.05) is 11.6 Å². The molecule has 1 aromatic carbocycles. The Morgan fingerprint density at radius 1 is 1.38 bits per heavy atom. The van der Waals surface area contributed by atoms with E-state index in [0.29, 0.717) is 18.8 Å². The number of esters is 1. The van der Waals surface area contributed by atoms with Crippen molar-refractivity contribution in [3.05, 3.63) is 47.0 Å². The van der Waals surface area contributed by atoms with Gasteiger partial charge in [0.2, 0.25) is 0 Å². The average molecular weight is 307 g/mol. The number of hydrogen-bond donors (Lipinski definition) is 1. The summed E-state index contributed by atoms with van der Waals surface area (Å²) in [5, 5.41) is 0. The van der Waals surface area contributed by atoms with Crippen LogP contribution in [0.3, 0.4) is 0 Å². The maximum atomic E-state index is 11.3. The molecule has 6 heteroatoms. The summed E-state index contributed by atoms with van der Waals surface area (Å²) in [6.45, 7) is 4.55. The van der Waals surface area contributed by atoms with E-state index in [4.69, 9.17) is 9.47 Å². The van der Waals surface area contributed by atoms with Crippen LogP contribution < -0.4 is 0 Å². The van der Waals surface area contributed by atoms with Crippen molar-refractivity contribution in [2.24, 2.45) is 4.40 Å². The molecule has 0 fully saturated rings. The van der Waals surface area contributed by atoms with Crippen LogP contribution in [0.25, 0.3) is 0 Å². The van der Waals surface area contributed by atoms with Crippen LogP contribution in [0.15, 0.2) is 34.7 Å². The van der Waals surface area contributed by atoms with Crippen LogP contribution in [0.5, 0.6) is 0 Å². The smallest absolute Gasteiger partial charge is 0.330 e. The first-order valence-corrected chi connectivity index (χ1v) is 6.74. The van der Waals surface area contributed by atoms with Crippen molar-refractivity contribution in [3.8, 4) is 0 Å². The van der Waals surface area contributed by atoms with E-state index in [9.17, 15) is 9.59 Å². The van der Waals surface area contributed by atoms with Crippen molar-refractivity contribution in [2.75, 3.05) is 6.61 Å². The number of benzene rings is 1. The van der Waals surface area contributed by atoms with E-state index in [1.165, 1.54) is 12.2 Å². The number of carbonyl (C=O) groups is 2. The van der Waals surface area contributed by atoms with Crippen LogP contribution in [0.2, 0.25) is 0 Å². The Hall–Kier alpha value is -2.08. The summed E-state index contributed by atoms with van der Waals surface area (Å²) in [5.41, 5.74) is 3.13. The number of aryl methyl sites for hydroxylation is 1. The molecule has 0 aliphatic carbocycles. The van der Waals surface area contributed by atoms with Crippen LogP contribution >= 0.6 is 12.8 Å². The highest BCUT2D eigenvalue weighted by Gasteiger charge is 2.06. The topological polar surface area (TPSA) is 65.0 Å². The minimum absolute atomic E-state index is 0.185. The van der Waals surface area contributed by atoms with Crippen LogP contribution in [0.1, 0.15) is 23.6 Å². The fourth-order valence-corrected chi connectivity index (χ4v) is 1.82. The summed E-state index contributed by atoms with van der Waals surface area (Å²) in [7, 11) is 0. The van der Waals surface area contributed by atoms with Gasteiger partial charge < -0.3 is 9.47 Å². The fraction of sp³-hybridized carbons (Fsp3) is 0.267. The fourth-order valence-electron chi connectivity index (χ4n) is 1.63. The van der Waals surface area contributed by atoms with Crippen molar-refractivity contribution in [1.29, 1.82) is 0 Å². The molecule has 21 heavy (non-hydrogen) atoms. The molecule has 0 saturated carbocycles. The van der Waals surface area contributed by atoms with Gasteiger partial charge >= 0.3 is 5.97 Å². The number of thiol groups is 1. The summed E-state index contributed by atoms with van der Waals surface area (Å²) in [5.74, 6) is -0.441. The molecule has 0 aliphatic rings. The van der Waals surface area contributed by atoms with Crippen molar-refractivity contribution in [1.82, 2.24) is 0 Å². The van der Waals surface area contributed by atoms with E-state index in [1.807, 2.05) is 25.1 Å². The molecule has 0 radical (unpaired) electrons. The Morgan fingerprint density at radius 2 is 2.14 bits per heavy atom. The second-order valence-corrected chi connectivity index (χ2v) is 4.32. The lowest BCUT2D eigenvalue weighted by atomic mass is 10.0. The molecule has 0 N–H and O–H groups in total. The highest BCUT2D eigenvalue weighted by Crippen LogP contribution is 2.14. The van der Waals surface area contributed by atoms with Crippen LogP contribution in [-0.4, -0.2) is 24.8 Å². The van der Waals surface area contributed by atoms with Gasteiger partial charge in [0.1, 0.15) is 6.61 Å². The summed E-state index contributed by atoms with van der Waals surface area (Å²) < 4.78 is 13.4. The highest BCUT2D eigenvalue weighted by atomic mass is 32.1. The van der Waals surface area contributed by atoms with Crippen molar-refractivity contribution < 1.29 is 19.1 Å². The Bertz CT molecular complexity index is 567. The molecule has 0 heterocycles. The van der Waals surface area contributed by atoms with Crippen molar-refractivity contribution in [3.63, 3.8) is 0 Å². The molecule has 0 saturated heterocycles. The third kappa shape index (κ3) is 5.43. The maximum Gasteiger partial charge on any atom is 0.330 e. The lowest BCUT2D eigenvalue weighted by Crippen LogP contribution is -2.03. The van der Waals surface area contributed by atoms with Gasteiger partial charge in [-0.1, -0.05) is 12.1 Å². The summed E-state index contributed by atoms with van der Waals surface area (Å²) in [4.78, 5) is 21.6. The standard InChI is InChI=1S/C15H17NO4S/c1-3-20-15(18)7-6-14(16-21)12-5-4-11(2)13(8-12)9-19-10-17/h4-8,10,21H,3,9H2,1-2H3/b7-6+,16-14+. The number of carbonyl (C=O) groups excluding carboxylic acids is 2. The first-order chi connectivity index (χ1) is 10.1. The van der Waals surface area contributed by atoms with E-state index in [1.54, 1.807) is 6.92 Å².